The number of carboxylic acids is 1. The van der Waals surface area contributed by atoms with E-state index in [2.05, 4.69) is 4.98 Å². The van der Waals surface area contributed by atoms with Crippen LogP contribution in [0.3, 0.4) is 0 Å². The lowest BCUT2D eigenvalue weighted by Gasteiger charge is -2.02. The summed E-state index contributed by atoms with van der Waals surface area (Å²) in [6.45, 7) is 0. The van der Waals surface area contributed by atoms with Gasteiger partial charge in [-0.15, -0.1) is 0 Å². The molecule has 4 heteroatoms. The first-order valence-corrected chi connectivity index (χ1v) is 6.19. The molecule has 0 radical (unpaired) electrons. The van der Waals surface area contributed by atoms with Gasteiger partial charge >= 0.3 is 5.97 Å². The van der Waals surface area contributed by atoms with E-state index in [1.54, 1.807) is 12.1 Å². The van der Waals surface area contributed by atoms with Gasteiger partial charge in [-0.1, -0.05) is 30.3 Å². The summed E-state index contributed by atoms with van der Waals surface area (Å²) in [4.78, 5) is 16.2. The van der Waals surface area contributed by atoms with Crippen LogP contribution in [-0.2, 0) is 0 Å². The number of para-hydroxylation sites is 2. The molecule has 2 heterocycles. The van der Waals surface area contributed by atoms with Crippen molar-refractivity contribution >= 4 is 38.9 Å². The average Bonchev–Trinajstić information content (AvgIpc) is 2.82. The van der Waals surface area contributed by atoms with Gasteiger partial charge in [0.25, 0.3) is 0 Å². The standard InChI is InChI=1S/C16H9NO3/c18-16(19)13-9-5-1-3-7-11(9)17-14-10-6-2-4-8-12(10)20-15(13)14/h1-8H,(H,18,19). The van der Waals surface area contributed by atoms with Gasteiger partial charge < -0.3 is 9.52 Å². The fraction of sp³-hybridized carbons (Fsp3) is 0. The van der Waals surface area contributed by atoms with Crippen molar-refractivity contribution < 1.29 is 14.3 Å². The Bertz CT molecular complexity index is 985. The van der Waals surface area contributed by atoms with Gasteiger partial charge in [-0.2, -0.15) is 0 Å². The summed E-state index contributed by atoms with van der Waals surface area (Å²) >= 11 is 0. The fourth-order valence-electron chi connectivity index (χ4n) is 2.55. The number of carboxylic acid groups (broad SMARTS) is 1. The summed E-state index contributed by atoms with van der Waals surface area (Å²) < 4.78 is 5.71. The number of rotatable bonds is 1. The highest BCUT2D eigenvalue weighted by molar-refractivity contribution is 6.17. The molecule has 0 aliphatic carbocycles. The predicted molar refractivity (Wildman–Crippen MR) is 76.0 cm³/mol. The number of fused-ring (bicyclic) bond motifs is 4. The third kappa shape index (κ3) is 1.36. The Labute approximate surface area is 113 Å². The van der Waals surface area contributed by atoms with E-state index in [0.717, 1.165) is 5.39 Å². The maximum absolute atomic E-state index is 11.6. The van der Waals surface area contributed by atoms with Gasteiger partial charge in [0.05, 0.1) is 5.52 Å². The summed E-state index contributed by atoms with van der Waals surface area (Å²) in [6, 6.07) is 14.6. The maximum atomic E-state index is 11.6. The molecule has 0 aliphatic heterocycles. The highest BCUT2D eigenvalue weighted by Crippen LogP contribution is 2.33. The second-order valence-electron chi connectivity index (χ2n) is 4.59. The van der Waals surface area contributed by atoms with Crippen molar-refractivity contribution in [1.29, 1.82) is 0 Å². The molecule has 0 saturated heterocycles. The van der Waals surface area contributed by atoms with Crippen LogP contribution in [0.5, 0.6) is 0 Å². The van der Waals surface area contributed by atoms with Crippen molar-refractivity contribution in [3.8, 4) is 0 Å². The third-order valence-electron chi connectivity index (χ3n) is 3.42. The van der Waals surface area contributed by atoms with Crippen molar-refractivity contribution in [2.75, 3.05) is 0 Å². The van der Waals surface area contributed by atoms with Crippen molar-refractivity contribution in [1.82, 2.24) is 4.98 Å². The van der Waals surface area contributed by atoms with Gasteiger partial charge in [-0.05, 0) is 18.2 Å². The Kier molecular flexibility index (Phi) is 2.09. The predicted octanol–water partition coefficient (Wildman–Crippen LogP) is 3.83. The minimum Gasteiger partial charge on any atom is -0.478 e. The molecule has 4 aromatic rings. The molecule has 0 aliphatic rings. The summed E-state index contributed by atoms with van der Waals surface area (Å²) in [7, 11) is 0. The minimum atomic E-state index is -1.01. The molecule has 0 spiro atoms. The van der Waals surface area contributed by atoms with E-state index in [0.29, 0.717) is 27.6 Å². The van der Waals surface area contributed by atoms with Crippen LogP contribution in [0.25, 0.3) is 33.0 Å². The van der Waals surface area contributed by atoms with E-state index < -0.39 is 5.97 Å². The van der Waals surface area contributed by atoms with Crippen LogP contribution >= 0.6 is 0 Å². The smallest absolute Gasteiger partial charge is 0.340 e. The van der Waals surface area contributed by atoms with Gasteiger partial charge in [0, 0.05) is 10.8 Å². The molecule has 0 amide bonds. The Hall–Kier alpha value is -2.88. The SMILES string of the molecule is O=C(O)c1c2ccccc2nc2c1oc1ccccc12. The van der Waals surface area contributed by atoms with Crippen LogP contribution in [0.4, 0.5) is 0 Å². The number of nitrogens with zero attached hydrogens (tertiary/aromatic N) is 1. The first kappa shape index (κ1) is 11.0. The van der Waals surface area contributed by atoms with Gasteiger partial charge in [0.15, 0.2) is 5.58 Å². The first-order chi connectivity index (χ1) is 9.75. The van der Waals surface area contributed by atoms with Gasteiger partial charge in [0.1, 0.15) is 16.7 Å². The highest BCUT2D eigenvalue weighted by Gasteiger charge is 2.20. The molecular weight excluding hydrogens is 254 g/mol. The van der Waals surface area contributed by atoms with Crippen LogP contribution in [-0.4, -0.2) is 16.1 Å². The lowest BCUT2D eigenvalue weighted by molar-refractivity contribution is 0.0700. The van der Waals surface area contributed by atoms with Crippen molar-refractivity contribution in [2.24, 2.45) is 0 Å². The average molecular weight is 263 g/mol. The number of hydrogen-bond acceptors (Lipinski definition) is 3. The summed E-state index contributed by atoms with van der Waals surface area (Å²) in [5, 5.41) is 10.9. The first-order valence-electron chi connectivity index (χ1n) is 6.19. The second-order valence-corrected chi connectivity index (χ2v) is 4.59. The van der Waals surface area contributed by atoms with Crippen molar-refractivity contribution in [2.45, 2.75) is 0 Å². The minimum absolute atomic E-state index is 0.168. The number of furan rings is 1. The molecular formula is C16H9NO3. The fourth-order valence-corrected chi connectivity index (χ4v) is 2.55. The molecule has 0 atom stereocenters. The lowest BCUT2D eigenvalue weighted by atomic mass is 10.1. The molecule has 2 aromatic carbocycles. The van der Waals surface area contributed by atoms with Crippen molar-refractivity contribution in [3.05, 3.63) is 54.1 Å². The Morgan fingerprint density at radius 2 is 1.70 bits per heavy atom. The summed E-state index contributed by atoms with van der Waals surface area (Å²) in [5.74, 6) is -1.01. The van der Waals surface area contributed by atoms with Crippen LogP contribution in [0.2, 0.25) is 0 Å². The van der Waals surface area contributed by atoms with E-state index in [9.17, 15) is 9.90 Å². The Morgan fingerprint density at radius 3 is 2.50 bits per heavy atom. The van der Waals surface area contributed by atoms with E-state index in [1.807, 2.05) is 36.4 Å². The number of aromatic carboxylic acids is 1. The summed E-state index contributed by atoms with van der Waals surface area (Å²) in [6.07, 6.45) is 0. The molecule has 20 heavy (non-hydrogen) atoms. The third-order valence-corrected chi connectivity index (χ3v) is 3.42. The maximum Gasteiger partial charge on any atom is 0.340 e. The topological polar surface area (TPSA) is 63.3 Å². The zero-order valence-electron chi connectivity index (χ0n) is 10.3. The zero-order valence-corrected chi connectivity index (χ0v) is 10.3. The normalized spacial score (nSPS) is 11.4. The van der Waals surface area contributed by atoms with Gasteiger partial charge in [0.2, 0.25) is 0 Å². The van der Waals surface area contributed by atoms with E-state index in [-0.39, 0.29) is 5.56 Å². The quantitative estimate of drug-likeness (QED) is 0.566. The Morgan fingerprint density at radius 1 is 1.00 bits per heavy atom. The molecule has 0 fully saturated rings. The number of benzene rings is 2. The molecule has 0 saturated carbocycles. The largest absolute Gasteiger partial charge is 0.478 e. The molecule has 2 aromatic heterocycles. The number of carbonyl (C=O) groups is 1. The molecule has 4 rings (SSSR count). The zero-order chi connectivity index (χ0) is 13.7. The number of hydrogen-bond donors (Lipinski definition) is 1. The van der Waals surface area contributed by atoms with Crippen LogP contribution in [0, 0.1) is 0 Å². The van der Waals surface area contributed by atoms with Gasteiger partial charge in [-0.3, -0.25) is 0 Å². The van der Waals surface area contributed by atoms with E-state index in [4.69, 9.17) is 4.42 Å². The second kappa shape index (κ2) is 3.81. The van der Waals surface area contributed by atoms with E-state index >= 15 is 0 Å². The summed E-state index contributed by atoms with van der Waals surface area (Å²) in [5.41, 5.74) is 2.40. The molecule has 1 N–H and O–H groups in total. The van der Waals surface area contributed by atoms with Crippen molar-refractivity contribution in [3.63, 3.8) is 0 Å². The monoisotopic (exact) mass is 263 g/mol. The highest BCUT2D eigenvalue weighted by atomic mass is 16.4. The molecule has 4 nitrogen and oxygen atoms in total. The molecule has 0 bridgehead atoms. The number of pyridine rings is 1. The lowest BCUT2D eigenvalue weighted by Crippen LogP contribution is -1.99. The molecule has 96 valence electrons. The molecule has 0 unspecified atom stereocenters. The van der Waals surface area contributed by atoms with E-state index in [1.165, 1.54) is 0 Å². The van der Waals surface area contributed by atoms with Crippen LogP contribution in [0.15, 0.2) is 52.9 Å². The van der Waals surface area contributed by atoms with Crippen LogP contribution < -0.4 is 0 Å². The number of aromatic nitrogens is 1. The van der Waals surface area contributed by atoms with Gasteiger partial charge in [-0.25, -0.2) is 9.78 Å². The van der Waals surface area contributed by atoms with Crippen LogP contribution in [0.1, 0.15) is 10.4 Å². The Balaban J connectivity index is 2.34.